The Morgan fingerprint density at radius 3 is 2.83 bits per heavy atom. The molecule has 0 unspecified atom stereocenters. The lowest BCUT2D eigenvalue weighted by Gasteiger charge is -2.03. The SMILES string of the molecule is Nc1ncnc2c1ncn2Cc1ccc(Cl)nc1. The Morgan fingerprint density at radius 2 is 2.06 bits per heavy atom. The number of nitrogen functional groups attached to an aromatic ring is 1. The number of anilines is 1. The molecular formula is C11H9ClN6. The fourth-order valence-electron chi connectivity index (χ4n) is 1.71. The van der Waals surface area contributed by atoms with Gasteiger partial charge >= 0.3 is 0 Å². The van der Waals surface area contributed by atoms with Gasteiger partial charge in [-0.3, -0.25) is 0 Å². The minimum absolute atomic E-state index is 0.382. The summed E-state index contributed by atoms with van der Waals surface area (Å²) in [5, 5.41) is 0.473. The second kappa shape index (κ2) is 4.23. The van der Waals surface area contributed by atoms with Crippen molar-refractivity contribution in [2.45, 2.75) is 6.54 Å². The molecule has 2 N–H and O–H groups in total. The van der Waals surface area contributed by atoms with Gasteiger partial charge in [-0.15, -0.1) is 0 Å². The van der Waals surface area contributed by atoms with Crippen LogP contribution in [0.15, 0.2) is 31.0 Å². The second-order valence-electron chi connectivity index (χ2n) is 3.79. The minimum atomic E-state index is 0.382. The molecule has 3 heterocycles. The first-order valence-electron chi connectivity index (χ1n) is 5.26. The molecule has 0 saturated carbocycles. The molecule has 6 nitrogen and oxygen atoms in total. The zero-order chi connectivity index (χ0) is 12.5. The fourth-order valence-corrected chi connectivity index (χ4v) is 1.82. The van der Waals surface area contributed by atoms with E-state index in [1.807, 2.05) is 10.6 Å². The Bertz CT molecular complexity index is 690. The molecule has 0 aliphatic rings. The Hall–Kier alpha value is -2.21. The Labute approximate surface area is 107 Å². The third-order valence-electron chi connectivity index (χ3n) is 2.57. The third kappa shape index (κ3) is 1.86. The van der Waals surface area contributed by atoms with Crippen molar-refractivity contribution < 1.29 is 0 Å². The molecule has 0 aliphatic carbocycles. The number of hydrogen-bond acceptors (Lipinski definition) is 5. The highest BCUT2D eigenvalue weighted by atomic mass is 35.5. The first-order valence-corrected chi connectivity index (χ1v) is 5.63. The van der Waals surface area contributed by atoms with Crippen molar-refractivity contribution in [1.29, 1.82) is 0 Å². The number of nitrogens with zero attached hydrogens (tertiary/aromatic N) is 5. The standard InChI is InChI=1S/C11H9ClN6/c12-8-2-1-7(3-14-8)4-18-6-17-9-10(13)15-5-16-11(9)18/h1-3,5-6H,4H2,(H2,13,15,16). The largest absolute Gasteiger partial charge is 0.382 e. The maximum atomic E-state index is 5.74. The predicted molar refractivity (Wildman–Crippen MR) is 68.1 cm³/mol. The lowest BCUT2D eigenvalue weighted by Crippen LogP contribution is -2.00. The van der Waals surface area contributed by atoms with E-state index < -0.39 is 0 Å². The quantitative estimate of drug-likeness (QED) is 0.706. The third-order valence-corrected chi connectivity index (χ3v) is 2.79. The zero-order valence-electron chi connectivity index (χ0n) is 9.29. The van der Waals surface area contributed by atoms with Crippen molar-refractivity contribution in [3.63, 3.8) is 0 Å². The van der Waals surface area contributed by atoms with E-state index in [0.717, 1.165) is 5.56 Å². The van der Waals surface area contributed by atoms with Crippen molar-refractivity contribution in [2.75, 3.05) is 5.73 Å². The molecule has 0 saturated heterocycles. The van der Waals surface area contributed by atoms with Crippen molar-refractivity contribution in [3.05, 3.63) is 41.7 Å². The number of imidazole rings is 1. The molecule has 0 aromatic carbocycles. The molecule has 3 rings (SSSR count). The lowest BCUT2D eigenvalue weighted by atomic mass is 10.3. The van der Waals surface area contributed by atoms with Crippen LogP contribution in [0.4, 0.5) is 5.82 Å². The zero-order valence-corrected chi connectivity index (χ0v) is 10.0. The molecule has 0 fully saturated rings. The smallest absolute Gasteiger partial charge is 0.165 e. The van der Waals surface area contributed by atoms with E-state index in [2.05, 4.69) is 19.9 Å². The van der Waals surface area contributed by atoms with Gasteiger partial charge in [-0.2, -0.15) is 0 Å². The topological polar surface area (TPSA) is 82.5 Å². The number of aromatic nitrogens is 5. The average molecular weight is 261 g/mol. The Kier molecular flexibility index (Phi) is 2.56. The van der Waals surface area contributed by atoms with Gasteiger partial charge in [0.05, 0.1) is 12.9 Å². The first-order chi connectivity index (χ1) is 8.74. The van der Waals surface area contributed by atoms with Gasteiger partial charge < -0.3 is 10.3 Å². The number of nitrogens with two attached hydrogens (primary N) is 1. The van der Waals surface area contributed by atoms with Gasteiger partial charge in [-0.1, -0.05) is 17.7 Å². The van der Waals surface area contributed by atoms with Crippen LogP contribution in [0.1, 0.15) is 5.56 Å². The van der Waals surface area contributed by atoms with Gasteiger partial charge in [-0.05, 0) is 11.6 Å². The summed E-state index contributed by atoms with van der Waals surface area (Å²) in [5.74, 6) is 0.382. The van der Waals surface area contributed by atoms with Gasteiger partial charge in [0.25, 0.3) is 0 Å². The minimum Gasteiger partial charge on any atom is -0.382 e. The van der Waals surface area contributed by atoms with Crippen LogP contribution in [-0.4, -0.2) is 24.5 Å². The normalized spacial score (nSPS) is 10.9. The lowest BCUT2D eigenvalue weighted by molar-refractivity contribution is 0.809. The molecule has 7 heteroatoms. The number of halogens is 1. The molecule has 0 bridgehead atoms. The monoisotopic (exact) mass is 260 g/mol. The summed E-state index contributed by atoms with van der Waals surface area (Å²) in [4.78, 5) is 16.3. The number of rotatable bonds is 2. The van der Waals surface area contributed by atoms with E-state index in [-0.39, 0.29) is 0 Å². The predicted octanol–water partition coefficient (Wildman–Crippen LogP) is 1.51. The van der Waals surface area contributed by atoms with Crippen LogP contribution in [0.3, 0.4) is 0 Å². The number of hydrogen-bond donors (Lipinski definition) is 1. The highest BCUT2D eigenvalue weighted by Gasteiger charge is 2.07. The highest BCUT2D eigenvalue weighted by molar-refractivity contribution is 6.29. The van der Waals surface area contributed by atoms with Crippen LogP contribution in [-0.2, 0) is 6.54 Å². The average Bonchev–Trinajstić information content (AvgIpc) is 2.77. The van der Waals surface area contributed by atoms with E-state index in [0.29, 0.717) is 28.7 Å². The molecule has 0 atom stereocenters. The number of fused-ring (bicyclic) bond motifs is 1. The van der Waals surface area contributed by atoms with E-state index >= 15 is 0 Å². The summed E-state index contributed by atoms with van der Waals surface area (Å²) in [6.45, 7) is 0.608. The van der Waals surface area contributed by atoms with Crippen LogP contribution in [0.25, 0.3) is 11.2 Å². The van der Waals surface area contributed by atoms with Gasteiger partial charge in [0.1, 0.15) is 17.0 Å². The van der Waals surface area contributed by atoms with E-state index in [1.54, 1.807) is 18.6 Å². The molecule has 0 spiro atoms. The summed E-state index contributed by atoms with van der Waals surface area (Å²) in [5.41, 5.74) is 8.05. The van der Waals surface area contributed by atoms with Gasteiger partial charge in [0.2, 0.25) is 0 Å². The molecule has 0 amide bonds. The van der Waals surface area contributed by atoms with Gasteiger partial charge in [0, 0.05) is 6.20 Å². The van der Waals surface area contributed by atoms with Crippen LogP contribution in [0.2, 0.25) is 5.15 Å². The summed E-state index contributed by atoms with van der Waals surface area (Å²) in [6.07, 6.45) is 4.83. The van der Waals surface area contributed by atoms with Crippen molar-refractivity contribution in [3.8, 4) is 0 Å². The van der Waals surface area contributed by atoms with Crippen LogP contribution < -0.4 is 5.73 Å². The maximum absolute atomic E-state index is 5.74. The second-order valence-corrected chi connectivity index (χ2v) is 4.18. The molecule has 3 aromatic heterocycles. The van der Waals surface area contributed by atoms with Gasteiger partial charge in [0.15, 0.2) is 11.5 Å². The molecule has 0 aliphatic heterocycles. The molecule has 0 radical (unpaired) electrons. The van der Waals surface area contributed by atoms with Gasteiger partial charge in [-0.25, -0.2) is 19.9 Å². The summed E-state index contributed by atoms with van der Waals surface area (Å²) in [6, 6.07) is 3.66. The van der Waals surface area contributed by atoms with E-state index in [4.69, 9.17) is 17.3 Å². The summed E-state index contributed by atoms with van der Waals surface area (Å²) < 4.78 is 1.89. The molecular weight excluding hydrogens is 252 g/mol. The van der Waals surface area contributed by atoms with Crippen molar-refractivity contribution in [2.24, 2.45) is 0 Å². The van der Waals surface area contributed by atoms with Crippen molar-refractivity contribution >= 4 is 28.6 Å². The first kappa shape index (κ1) is 10.9. The van der Waals surface area contributed by atoms with E-state index in [1.165, 1.54) is 6.33 Å². The molecule has 90 valence electrons. The van der Waals surface area contributed by atoms with Crippen LogP contribution in [0.5, 0.6) is 0 Å². The summed E-state index contributed by atoms with van der Waals surface area (Å²) in [7, 11) is 0. The molecule has 3 aromatic rings. The maximum Gasteiger partial charge on any atom is 0.165 e. The number of pyridine rings is 1. The highest BCUT2D eigenvalue weighted by Crippen LogP contribution is 2.15. The fraction of sp³-hybridized carbons (Fsp3) is 0.0909. The van der Waals surface area contributed by atoms with Crippen LogP contribution >= 0.6 is 11.6 Å². The molecule has 18 heavy (non-hydrogen) atoms. The summed E-state index contributed by atoms with van der Waals surface area (Å²) >= 11 is 5.74. The Morgan fingerprint density at radius 1 is 1.17 bits per heavy atom. The van der Waals surface area contributed by atoms with E-state index in [9.17, 15) is 0 Å². The Balaban J connectivity index is 2.00. The van der Waals surface area contributed by atoms with Crippen molar-refractivity contribution in [1.82, 2.24) is 24.5 Å². The van der Waals surface area contributed by atoms with Crippen LogP contribution in [0, 0.1) is 0 Å².